The highest BCUT2D eigenvalue weighted by Gasteiger charge is 2.15. The average Bonchev–Trinajstić information content (AvgIpc) is 3.41. The summed E-state index contributed by atoms with van der Waals surface area (Å²) in [6.07, 6.45) is 1.80. The highest BCUT2D eigenvalue weighted by molar-refractivity contribution is 7.10. The van der Waals surface area contributed by atoms with Crippen LogP contribution in [0, 0.1) is 0 Å². The number of nitrogens with one attached hydrogen (secondary N) is 2. The molecule has 0 saturated carbocycles. The van der Waals surface area contributed by atoms with Gasteiger partial charge in [0.1, 0.15) is 5.75 Å². The van der Waals surface area contributed by atoms with E-state index in [1.54, 1.807) is 24.6 Å². The van der Waals surface area contributed by atoms with Gasteiger partial charge in [-0.2, -0.15) is 0 Å². The van der Waals surface area contributed by atoms with Gasteiger partial charge in [0.25, 0.3) is 5.91 Å². The van der Waals surface area contributed by atoms with Crippen LogP contribution >= 0.6 is 11.3 Å². The van der Waals surface area contributed by atoms with Crippen LogP contribution in [0.15, 0.2) is 48.0 Å². The SMILES string of the molecule is COc1ccccc1CC(=O)NCCn1cc(C(=O)N[C@H](C)c2cccs2)nn1. The van der Waals surface area contributed by atoms with Crippen molar-refractivity contribution in [1.29, 1.82) is 0 Å². The Morgan fingerprint density at radius 3 is 2.83 bits per heavy atom. The van der Waals surface area contributed by atoms with Gasteiger partial charge in [0, 0.05) is 17.0 Å². The van der Waals surface area contributed by atoms with Crippen LogP contribution < -0.4 is 15.4 Å². The summed E-state index contributed by atoms with van der Waals surface area (Å²) in [6, 6.07) is 11.2. The summed E-state index contributed by atoms with van der Waals surface area (Å²) in [5, 5.41) is 15.6. The standard InChI is InChI=1S/C20H23N5O3S/c1-14(18-8-5-11-29-18)22-20(27)16-13-25(24-23-16)10-9-21-19(26)12-15-6-3-4-7-17(15)28-2/h3-8,11,13-14H,9-10,12H2,1-2H3,(H,21,26)(H,22,27)/t14-/m1/s1. The van der Waals surface area contributed by atoms with Crippen LogP contribution in [0.2, 0.25) is 0 Å². The van der Waals surface area contributed by atoms with E-state index in [2.05, 4.69) is 20.9 Å². The minimum atomic E-state index is -0.280. The molecule has 0 spiro atoms. The summed E-state index contributed by atoms with van der Waals surface area (Å²) in [5.41, 5.74) is 1.07. The highest BCUT2D eigenvalue weighted by atomic mass is 32.1. The van der Waals surface area contributed by atoms with E-state index >= 15 is 0 Å². The first-order valence-electron chi connectivity index (χ1n) is 9.20. The van der Waals surface area contributed by atoms with Crippen molar-refractivity contribution in [2.24, 2.45) is 0 Å². The number of carbonyl (C=O) groups is 2. The lowest BCUT2D eigenvalue weighted by molar-refractivity contribution is -0.120. The van der Waals surface area contributed by atoms with Crippen molar-refractivity contribution < 1.29 is 14.3 Å². The van der Waals surface area contributed by atoms with E-state index in [-0.39, 0.29) is 30.0 Å². The molecule has 0 aliphatic carbocycles. The van der Waals surface area contributed by atoms with Gasteiger partial charge >= 0.3 is 0 Å². The van der Waals surface area contributed by atoms with Crippen LogP contribution in [-0.4, -0.2) is 40.5 Å². The molecule has 0 fully saturated rings. The molecular formula is C20H23N5O3S. The fourth-order valence-electron chi connectivity index (χ4n) is 2.79. The number of hydrogen-bond donors (Lipinski definition) is 2. The van der Waals surface area contributed by atoms with E-state index in [0.29, 0.717) is 18.8 Å². The third-order valence-electron chi connectivity index (χ3n) is 4.30. The molecular weight excluding hydrogens is 390 g/mol. The Kier molecular flexibility index (Phi) is 6.96. The van der Waals surface area contributed by atoms with Gasteiger partial charge in [-0.25, -0.2) is 4.68 Å². The van der Waals surface area contributed by atoms with Crippen LogP contribution in [0.4, 0.5) is 0 Å². The second-order valence-electron chi connectivity index (χ2n) is 6.42. The first kappa shape index (κ1) is 20.5. The lowest BCUT2D eigenvalue weighted by Gasteiger charge is -2.10. The number of rotatable bonds is 9. The summed E-state index contributed by atoms with van der Waals surface area (Å²) in [5.74, 6) is 0.293. The fourth-order valence-corrected chi connectivity index (χ4v) is 3.52. The normalized spacial score (nSPS) is 11.7. The molecule has 3 rings (SSSR count). The Hall–Kier alpha value is -3.20. The van der Waals surface area contributed by atoms with Crippen LogP contribution in [0.1, 0.15) is 33.9 Å². The first-order chi connectivity index (χ1) is 14.1. The predicted molar refractivity (Wildman–Crippen MR) is 110 cm³/mol. The Labute approximate surface area is 172 Å². The smallest absolute Gasteiger partial charge is 0.273 e. The van der Waals surface area contributed by atoms with Crippen LogP contribution in [0.25, 0.3) is 0 Å². The monoisotopic (exact) mass is 413 g/mol. The first-order valence-corrected chi connectivity index (χ1v) is 10.1. The number of para-hydroxylation sites is 1. The molecule has 29 heavy (non-hydrogen) atoms. The molecule has 0 saturated heterocycles. The lowest BCUT2D eigenvalue weighted by Crippen LogP contribution is -2.29. The van der Waals surface area contributed by atoms with Crippen molar-refractivity contribution in [1.82, 2.24) is 25.6 Å². The molecule has 2 aromatic heterocycles. The molecule has 3 aromatic rings. The number of carbonyl (C=O) groups excluding carboxylic acids is 2. The van der Waals surface area contributed by atoms with Crippen LogP contribution in [0.3, 0.4) is 0 Å². The molecule has 2 heterocycles. The highest BCUT2D eigenvalue weighted by Crippen LogP contribution is 2.18. The van der Waals surface area contributed by atoms with Crippen molar-refractivity contribution in [3.05, 3.63) is 64.1 Å². The van der Waals surface area contributed by atoms with Crippen molar-refractivity contribution in [2.45, 2.75) is 25.9 Å². The third kappa shape index (κ3) is 5.64. The molecule has 9 heteroatoms. The van der Waals surface area contributed by atoms with Crippen molar-refractivity contribution >= 4 is 23.2 Å². The van der Waals surface area contributed by atoms with Gasteiger partial charge in [0.15, 0.2) is 5.69 Å². The van der Waals surface area contributed by atoms with Crippen LogP contribution in [0.5, 0.6) is 5.75 Å². The summed E-state index contributed by atoms with van der Waals surface area (Å²) >= 11 is 1.59. The summed E-state index contributed by atoms with van der Waals surface area (Å²) in [4.78, 5) is 25.5. The zero-order valence-electron chi connectivity index (χ0n) is 16.3. The molecule has 0 radical (unpaired) electrons. The van der Waals surface area contributed by atoms with Gasteiger partial charge in [-0.1, -0.05) is 29.5 Å². The van der Waals surface area contributed by atoms with Gasteiger partial charge < -0.3 is 15.4 Å². The maximum atomic E-state index is 12.3. The predicted octanol–water partition coefficient (Wildman–Crippen LogP) is 2.20. The Bertz CT molecular complexity index is 955. The zero-order chi connectivity index (χ0) is 20.6. The van der Waals surface area contributed by atoms with Gasteiger partial charge in [-0.05, 0) is 24.4 Å². The molecule has 0 aliphatic heterocycles. The molecule has 1 atom stereocenters. The molecule has 0 aliphatic rings. The average molecular weight is 414 g/mol. The largest absolute Gasteiger partial charge is 0.496 e. The Balaban J connectivity index is 1.45. The number of hydrogen-bond acceptors (Lipinski definition) is 6. The number of amides is 2. The van der Waals surface area contributed by atoms with Gasteiger partial charge in [0.05, 0.1) is 32.3 Å². The van der Waals surface area contributed by atoms with Gasteiger partial charge in [-0.3, -0.25) is 9.59 Å². The zero-order valence-corrected chi connectivity index (χ0v) is 17.1. The van der Waals surface area contributed by atoms with E-state index in [4.69, 9.17) is 4.74 Å². The molecule has 1 aromatic carbocycles. The van der Waals surface area contributed by atoms with E-state index in [1.165, 1.54) is 4.68 Å². The number of thiophene rings is 1. The van der Waals surface area contributed by atoms with Gasteiger partial charge in [-0.15, -0.1) is 16.4 Å². The fraction of sp³-hybridized carbons (Fsp3) is 0.300. The molecule has 152 valence electrons. The van der Waals surface area contributed by atoms with E-state index in [1.807, 2.05) is 48.7 Å². The quantitative estimate of drug-likeness (QED) is 0.560. The maximum absolute atomic E-state index is 12.3. The van der Waals surface area contributed by atoms with Crippen molar-refractivity contribution in [3.8, 4) is 5.75 Å². The van der Waals surface area contributed by atoms with Crippen LogP contribution in [-0.2, 0) is 17.8 Å². The molecule has 0 unspecified atom stereocenters. The molecule has 2 amide bonds. The second kappa shape index (κ2) is 9.83. The summed E-state index contributed by atoms with van der Waals surface area (Å²) in [7, 11) is 1.58. The number of nitrogens with zero attached hydrogens (tertiary/aromatic N) is 3. The summed E-state index contributed by atoms with van der Waals surface area (Å²) in [6.45, 7) is 2.72. The number of ether oxygens (including phenoxy) is 1. The maximum Gasteiger partial charge on any atom is 0.273 e. The van der Waals surface area contributed by atoms with Crippen molar-refractivity contribution in [3.63, 3.8) is 0 Å². The van der Waals surface area contributed by atoms with E-state index in [9.17, 15) is 9.59 Å². The number of aromatic nitrogens is 3. The minimum Gasteiger partial charge on any atom is -0.496 e. The molecule has 0 bridgehead atoms. The Morgan fingerprint density at radius 2 is 2.07 bits per heavy atom. The number of methoxy groups -OCH3 is 1. The lowest BCUT2D eigenvalue weighted by atomic mass is 10.1. The molecule has 2 N–H and O–H groups in total. The van der Waals surface area contributed by atoms with Gasteiger partial charge in [0.2, 0.25) is 5.91 Å². The molecule has 8 nitrogen and oxygen atoms in total. The summed E-state index contributed by atoms with van der Waals surface area (Å²) < 4.78 is 6.79. The second-order valence-corrected chi connectivity index (χ2v) is 7.40. The Morgan fingerprint density at radius 1 is 1.24 bits per heavy atom. The van der Waals surface area contributed by atoms with E-state index in [0.717, 1.165) is 10.4 Å². The van der Waals surface area contributed by atoms with Crippen molar-refractivity contribution in [2.75, 3.05) is 13.7 Å². The number of benzene rings is 1. The minimum absolute atomic E-state index is 0.0954. The van der Waals surface area contributed by atoms with E-state index < -0.39 is 0 Å². The third-order valence-corrected chi connectivity index (χ3v) is 5.35. The topological polar surface area (TPSA) is 98.1 Å².